The maximum absolute atomic E-state index is 10.9. The van der Waals surface area contributed by atoms with Crippen LogP contribution >= 0.6 is 11.3 Å². The highest BCUT2D eigenvalue weighted by Crippen LogP contribution is 2.31. The average Bonchev–Trinajstić information content (AvgIpc) is 2.90. The molecule has 0 aliphatic rings. The SMILES string of the molecule is CCC(c1cccc(OC)c1)c1nc(C(=O)O)cs1. The normalized spacial score (nSPS) is 12.1. The second kappa shape index (κ2) is 5.84. The summed E-state index contributed by atoms with van der Waals surface area (Å²) >= 11 is 1.39. The van der Waals surface area contributed by atoms with Crippen molar-refractivity contribution in [2.24, 2.45) is 0 Å². The smallest absolute Gasteiger partial charge is 0.355 e. The van der Waals surface area contributed by atoms with Gasteiger partial charge in [0.15, 0.2) is 5.69 Å². The number of carboxylic acid groups (broad SMARTS) is 1. The summed E-state index contributed by atoms with van der Waals surface area (Å²) in [6.45, 7) is 2.06. The minimum atomic E-state index is -0.983. The van der Waals surface area contributed by atoms with Gasteiger partial charge >= 0.3 is 5.97 Å². The first-order valence-electron chi connectivity index (χ1n) is 5.98. The molecule has 1 aromatic carbocycles. The summed E-state index contributed by atoms with van der Waals surface area (Å²) in [6.07, 6.45) is 0.861. The molecule has 0 saturated carbocycles. The van der Waals surface area contributed by atoms with E-state index in [1.165, 1.54) is 11.3 Å². The van der Waals surface area contributed by atoms with Crippen LogP contribution in [0, 0.1) is 0 Å². The highest BCUT2D eigenvalue weighted by molar-refractivity contribution is 7.10. The summed E-state index contributed by atoms with van der Waals surface area (Å²) in [6, 6.07) is 7.80. The Bertz CT molecular complexity index is 580. The largest absolute Gasteiger partial charge is 0.497 e. The predicted molar refractivity (Wildman–Crippen MR) is 74.2 cm³/mol. The Morgan fingerprint density at radius 1 is 1.53 bits per heavy atom. The molecule has 1 unspecified atom stereocenters. The van der Waals surface area contributed by atoms with Crippen molar-refractivity contribution in [2.45, 2.75) is 19.3 Å². The van der Waals surface area contributed by atoms with Crippen molar-refractivity contribution < 1.29 is 14.6 Å². The molecule has 1 N–H and O–H groups in total. The zero-order chi connectivity index (χ0) is 13.8. The lowest BCUT2D eigenvalue weighted by atomic mass is 9.97. The Kier molecular flexibility index (Phi) is 4.16. The Labute approximate surface area is 115 Å². The number of methoxy groups -OCH3 is 1. The highest BCUT2D eigenvalue weighted by Gasteiger charge is 2.18. The second-order valence-corrected chi connectivity index (χ2v) is 5.00. The summed E-state index contributed by atoms with van der Waals surface area (Å²) in [5.74, 6) is -0.0813. The van der Waals surface area contributed by atoms with Crippen LogP contribution < -0.4 is 4.74 Å². The number of hydrogen-bond acceptors (Lipinski definition) is 4. The van der Waals surface area contributed by atoms with Gasteiger partial charge in [0.05, 0.1) is 7.11 Å². The van der Waals surface area contributed by atoms with E-state index in [4.69, 9.17) is 9.84 Å². The van der Waals surface area contributed by atoms with Crippen LogP contribution in [0.2, 0.25) is 0 Å². The van der Waals surface area contributed by atoms with Crippen molar-refractivity contribution in [3.63, 3.8) is 0 Å². The molecule has 1 heterocycles. The number of ether oxygens (including phenoxy) is 1. The summed E-state index contributed by atoms with van der Waals surface area (Å²) in [7, 11) is 1.63. The number of hydrogen-bond donors (Lipinski definition) is 1. The Morgan fingerprint density at radius 2 is 2.32 bits per heavy atom. The van der Waals surface area contributed by atoms with E-state index in [1.54, 1.807) is 12.5 Å². The molecule has 0 bridgehead atoms. The fraction of sp³-hybridized carbons (Fsp3) is 0.286. The van der Waals surface area contributed by atoms with Crippen molar-refractivity contribution in [1.82, 2.24) is 4.98 Å². The van der Waals surface area contributed by atoms with Crippen molar-refractivity contribution >= 4 is 17.3 Å². The topological polar surface area (TPSA) is 59.4 Å². The monoisotopic (exact) mass is 277 g/mol. The van der Waals surface area contributed by atoms with Crippen LogP contribution in [-0.4, -0.2) is 23.2 Å². The predicted octanol–water partition coefficient (Wildman–Crippen LogP) is 3.39. The van der Waals surface area contributed by atoms with Crippen molar-refractivity contribution in [3.8, 4) is 5.75 Å². The van der Waals surface area contributed by atoms with Crippen LogP contribution in [0.15, 0.2) is 29.6 Å². The van der Waals surface area contributed by atoms with Gasteiger partial charge in [-0.3, -0.25) is 0 Å². The van der Waals surface area contributed by atoms with Gasteiger partial charge in [0.2, 0.25) is 0 Å². The maximum Gasteiger partial charge on any atom is 0.355 e. The van der Waals surface area contributed by atoms with Gasteiger partial charge in [-0.1, -0.05) is 19.1 Å². The van der Waals surface area contributed by atoms with E-state index in [0.717, 1.165) is 22.7 Å². The number of benzene rings is 1. The van der Waals surface area contributed by atoms with E-state index < -0.39 is 5.97 Å². The molecule has 0 amide bonds. The number of carboxylic acids is 1. The third-order valence-corrected chi connectivity index (χ3v) is 3.90. The molecule has 19 heavy (non-hydrogen) atoms. The molecule has 2 aromatic rings. The molecule has 0 aliphatic carbocycles. The number of nitrogens with zero attached hydrogens (tertiary/aromatic N) is 1. The quantitative estimate of drug-likeness (QED) is 0.910. The first kappa shape index (κ1) is 13.5. The minimum absolute atomic E-state index is 0.105. The van der Waals surface area contributed by atoms with Crippen LogP contribution in [0.3, 0.4) is 0 Å². The fourth-order valence-corrected chi connectivity index (χ4v) is 2.96. The van der Waals surface area contributed by atoms with E-state index in [-0.39, 0.29) is 11.6 Å². The minimum Gasteiger partial charge on any atom is -0.497 e. The van der Waals surface area contributed by atoms with Crippen LogP contribution in [-0.2, 0) is 0 Å². The van der Waals surface area contributed by atoms with Crippen LogP contribution in [0.1, 0.15) is 40.3 Å². The van der Waals surface area contributed by atoms with E-state index in [1.807, 2.05) is 24.3 Å². The molecule has 0 spiro atoms. The van der Waals surface area contributed by atoms with Gasteiger partial charge in [-0.25, -0.2) is 9.78 Å². The zero-order valence-corrected chi connectivity index (χ0v) is 11.6. The zero-order valence-electron chi connectivity index (χ0n) is 10.8. The maximum atomic E-state index is 10.9. The van der Waals surface area contributed by atoms with E-state index in [0.29, 0.717) is 0 Å². The summed E-state index contributed by atoms with van der Waals surface area (Å²) in [4.78, 5) is 15.1. The molecule has 0 saturated heterocycles. The Hall–Kier alpha value is -1.88. The first-order valence-corrected chi connectivity index (χ1v) is 6.86. The van der Waals surface area contributed by atoms with Crippen LogP contribution in [0.4, 0.5) is 0 Å². The number of thiazole rings is 1. The fourth-order valence-electron chi connectivity index (χ4n) is 1.96. The van der Waals surface area contributed by atoms with E-state index in [9.17, 15) is 4.79 Å². The standard InChI is InChI=1S/C14H15NO3S/c1-3-11(9-5-4-6-10(7-9)18-2)13-15-12(8-19-13)14(16)17/h4-8,11H,3H2,1-2H3,(H,16,17). The van der Waals surface area contributed by atoms with Gasteiger partial charge in [-0.2, -0.15) is 0 Å². The van der Waals surface area contributed by atoms with Crippen molar-refractivity contribution in [3.05, 3.63) is 45.9 Å². The lowest BCUT2D eigenvalue weighted by Gasteiger charge is -2.13. The third kappa shape index (κ3) is 2.93. The van der Waals surface area contributed by atoms with Crippen LogP contribution in [0.25, 0.3) is 0 Å². The van der Waals surface area contributed by atoms with Gasteiger partial charge in [-0.05, 0) is 24.1 Å². The summed E-state index contributed by atoms with van der Waals surface area (Å²) < 4.78 is 5.22. The highest BCUT2D eigenvalue weighted by atomic mass is 32.1. The van der Waals surface area contributed by atoms with Crippen molar-refractivity contribution in [1.29, 1.82) is 0 Å². The molecule has 0 fully saturated rings. The molecule has 5 heteroatoms. The molecule has 1 aromatic heterocycles. The lowest BCUT2D eigenvalue weighted by molar-refractivity contribution is 0.0691. The second-order valence-electron chi connectivity index (χ2n) is 4.11. The Morgan fingerprint density at radius 3 is 2.89 bits per heavy atom. The van der Waals surface area contributed by atoms with Crippen LogP contribution in [0.5, 0.6) is 5.75 Å². The number of carbonyl (C=O) groups is 1. The lowest BCUT2D eigenvalue weighted by Crippen LogP contribution is -2.02. The summed E-state index contributed by atoms with van der Waals surface area (Å²) in [5, 5.41) is 11.3. The van der Waals surface area contributed by atoms with Gasteiger partial charge < -0.3 is 9.84 Å². The number of rotatable bonds is 5. The Balaban J connectivity index is 2.34. The molecular formula is C14H15NO3S. The van der Waals surface area contributed by atoms with Gasteiger partial charge in [0.1, 0.15) is 10.8 Å². The van der Waals surface area contributed by atoms with Gasteiger partial charge in [0, 0.05) is 11.3 Å². The molecule has 4 nitrogen and oxygen atoms in total. The molecule has 100 valence electrons. The van der Waals surface area contributed by atoms with Crippen molar-refractivity contribution in [2.75, 3.05) is 7.11 Å². The third-order valence-electron chi connectivity index (χ3n) is 2.94. The van der Waals surface area contributed by atoms with E-state index >= 15 is 0 Å². The first-order chi connectivity index (χ1) is 9.15. The molecule has 0 radical (unpaired) electrons. The van der Waals surface area contributed by atoms with Gasteiger partial charge in [-0.15, -0.1) is 11.3 Å². The number of aromatic carboxylic acids is 1. The molecule has 1 atom stereocenters. The number of aromatic nitrogens is 1. The average molecular weight is 277 g/mol. The summed E-state index contributed by atoms with van der Waals surface area (Å²) in [5.41, 5.74) is 1.20. The van der Waals surface area contributed by atoms with E-state index in [2.05, 4.69) is 11.9 Å². The molecular weight excluding hydrogens is 262 g/mol. The van der Waals surface area contributed by atoms with Gasteiger partial charge in [0.25, 0.3) is 0 Å². The molecule has 0 aliphatic heterocycles. The molecule has 2 rings (SSSR count).